The van der Waals surface area contributed by atoms with Crippen molar-refractivity contribution in [2.24, 2.45) is 7.05 Å². The van der Waals surface area contributed by atoms with Crippen LogP contribution in [0, 0.1) is 11.8 Å². The Morgan fingerprint density at radius 2 is 1.68 bits per heavy atom. The number of hydrogen-bond acceptors (Lipinski definition) is 11. The first-order chi connectivity index (χ1) is 35.4. The Bertz CT molecular complexity index is 3130. The van der Waals surface area contributed by atoms with E-state index in [-0.39, 0.29) is 61.0 Å². The van der Waals surface area contributed by atoms with E-state index in [1.165, 1.54) is 28.4 Å². The third-order valence-electron chi connectivity index (χ3n) is 17.2. The van der Waals surface area contributed by atoms with E-state index >= 15 is 4.79 Å². The van der Waals surface area contributed by atoms with Gasteiger partial charge in [-0.2, -0.15) is 0 Å². The van der Waals surface area contributed by atoms with E-state index < -0.39 is 17.4 Å². The normalized spacial score (nSPS) is 23.8. The number of carbonyl (C=O) groups excluding carboxylic acids is 4. The molecule has 5 aliphatic heterocycles. The first-order valence-corrected chi connectivity index (χ1v) is 26.9. The highest BCUT2D eigenvalue weighted by Crippen LogP contribution is 2.52. The van der Waals surface area contributed by atoms with Crippen molar-refractivity contribution < 1.29 is 23.9 Å². The van der Waals surface area contributed by atoms with E-state index in [4.69, 9.17) is 14.7 Å². The number of aromatic nitrogens is 5. The smallest absolute Gasteiger partial charge is 0.329 e. The number of rotatable bonds is 11. The van der Waals surface area contributed by atoms with Crippen molar-refractivity contribution in [1.29, 1.82) is 0 Å². The molecule has 7 aliphatic rings. The summed E-state index contributed by atoms with van der Waals surface area (Å²) in [6.45, 7) is 9.74. The van der Waals surface area contributed by atoms with Crippen molar-refractivity contribution in [2.45, 2.75) is 139 Å². The van der Waals surface area contributed by atoms with Crippen LogP contribution in [-0.4, -0.2) is 139 Å². The topological polar surface area (TPSA) is 172 Å². The molecule has 1 atom stereocenters. The van der Waals surface area contributed by atoms with Crippen molar-refractivity contribution in [2.75, 3.05) is 62.6 Å². The van der Waals surface area contributed by atoms with E-state index in [2.05, 4.69) is 79.9 Å². The van der Waals surface area contributed by atoms with Gasteiger partial charge in [-0.05, 0) is 127 Å². The number of carbonyl (C=O) groups is 4. The van der Waals surface area contributed by atoms with Crippen molar-refractivity contribution >= 4 is 57.2 Å². The van der Waals surface area contributed by atoms with Crippen molar-refractivity contribution in [1.82, 2.24) is 43.7 Å². The molecule has 17 nitrogen and oxygen atoms in total. The van der Waals surface area contributed by atoms with Gasteiger partial charge in [0.1, 0.15) is 18.2 Å². The molecule has 4 saturated heterocycles. The predicted molar refractivity (Wildman–Crippen MR) is 278 cm³/mol. The summed E-state index contributed by atoms with van der Waals surface area (Å²) in [5, 5.41) is 6.06. The number of likely N-dealkylation sites (tertiary alicyclic amines) is 3. The zero-order chi connectivity index (χ0) is 50.1. The van der Waals surface area contributed by atoms with Crippen molar-refractivity contribution in [3.63, 3.8) is 0 Å². The number of nitrogens with one attached hydrogen (secondary N) is 2. The molecule has 5 aromatic rings. The highest BCUT2D eigenvalue weighted by molar-refractivity contribution is 6.09. The highest BCUT2D eigenvalue weighted by Gasteiger charge is 2.56. The van der Waals surface area contributed by atoms with E-state index in [0.29, 0.717) is 61.2 Å². The monoisotopic (exact) mass is 990 g/mol. The molecule has 3 aromatic heterocycles. The molecule has 2 aliphatic carbocycles. The number of pyridine rings is 1. The molecule has 2 aromatic carbocycles. The maximum atomic E-state index is 15.2. The Morgan fingerprint density at radius 1 is 0.904 bits per heavy atom. The number of para-hydroxylation sites is 1. The third-order valence-corrected chi connectivity index (χ3v) is 17.2. The van der Waals surface area contributed by atoms with Gasteiger partial charge < -0.3 is 29.3 Å². The number of fused-ring (bicyclic) bond motifs is 4. The summed E-state index contributed by atoms with van der Waals surface area (Å²) in [6, 6.07) is 14.7. The highest BCUT2D eigenvalue weighted by atomic mass is 16.5. The SMILES string of the molecule is CC(C)n1cnc2cc(-c3ccc4c(c3)N([C@H]3C[C@@H](N5CCCCC5)C3)C(=O)C43CCN(C(=O)CN4CCC(OCC#Cc5cccc6c5n(C)c(=O)n6C5CCC(=O)NC5=O)CC4)CC3)nc(NC3CC3)c21. The summed E-state index contributed by atoms with van der Waals surface area (Å²) in [7, 11) is 1.67. The molecule has 4 amide bonds. The van der Waals surface area contributed by atoms with Crippen molar-refractivity contribution in [3.8, 4) is 23.1 Å². The lowest BCUT2D eigenvalue weighted by Crippen LogP contribution is -2.58. The summed E-state index contributed by atoms with van der Waals surface area (Å²) < 4.78 is 11.4. The molecule has 17 heteroatoms. The van der Waals surface area contributed by atoms with Crippen LogP contribution in [0.5, 0.6) is 0 Å². The molecular formula is C56H67N11O6. The van der Waals surface area contributed by atoms with E-state index in [1.807, 2.05) is 23.4 Å². The summed E-state index contributed by atoms with van der Waals surface area (Å²) in [5.41, 5.74) is 6.77. The van der Waals surface area contributed by atoms with E-state index in [9.17, 15) is 19.2 Å². The summed E-state index contributed by atoms with van der Waals surface area (Å²) >= 11 is 0. The van der Waals surface area contributed by atoms with Gasteiger partial charge in [0.25, 0.3) is 0 Å². The van der Waals surface area contributed by atoms with Gasteiger partial charge in [0, 0.05) is 75.1 Å². The van der Waals surface area contributed by atoms with Gasteiger partial charge >= 0.3 is 5.69 Å². The van der Waals surface area contributed by atoms with Gasteiger partial charge in [-0.15, -0.1) is 0 Å². The average molecular weight is 990 g/mol. The minimum Gasteiger partial charge on any atom is -0.366 e. The van der Waals surface area contributed by atoms with Gasteiger partial charge in [-0.25, -0.2) is 14.8 Å². The molecule has 6 fully saturated rings. The molecule has 12 rings (SSSR count). The Labute approximate surface area is 425 Å². The number of nitrogens with zero attached hydrogens (tertiary/aromatic N) is 9. The Morgan fingerprint density at radius 3 is 2.42 bits per heavy atom. The summed E-state index contributed by atoms with van der Waals surface area (Å²) in [6.07, 6.45) is 13.2. The van der Waals surface area contributed by atoms with Crippen molar-refractivity contribution in [3.05, 3.63) is 70.4 Å². The number of amides is 4. The molecule has 8 heterocycles. The van der Waals surface area contributed by atoms with Gasteiger partial charge in [-0.1, -0.05) is 36.5 Å². The number of aryl methyl sites for hydroxylation is 1. The minimum atomic E-state index is -0.763. The molecule has 1 spiro atoms. The second kappa shape index (κ2) is 19.2. The zero-order valence-electron chi connectivity index (χ0n) is 42.4. The fraction of sp³-hybridized carbons (Fsp3) is 0.554. The van der Waals surface area contributed by atoms with E-state index in [0.717, 1.165) is 104 Å². The first kappa shape index (κ1) is 47.6. The largest absolute Gasteiger partial charge is 0.366 e. The second-order valence-corrected chi connectivity index (χ2v) is 22.1. The molecule has 0 radical (unpaired) electrons. The van der Waals surface area contributed by atoms with Crippen LogP contribution in [0.25, 0.3) is 33.3 Å². The average Bonchev–Trinajstić information content (AvgIpc) is 3.97. The Balaban J connectivity index is 0.693. The van der Waals surface area contributed by atoms with Crippen LogP contribution in [-0.2, 0) is 36.4 Å². The zero-order valence-corrected chi connectivity index (χ0v) is 42.4. The number of anilines is 2. The van der Waals surface area contributed by atoms with Crippen LogP contribution in [0.1, 0.15) is 121 Å². The number of imide groups is 1. The number of ether oxygens (including phenoxy) is 1. The van der Waals surface area contributed by atoms with Crippen LogP contribution in [0.3, 0.4) is 0 Å². The minimum absolute atomic E-state index is 0.00985. The lowest BCUT2D eigenvalue weighted by atomic mass is 9.73. The molecular weight excluding hydrogens is 923 g/mol. The fourth-order valence-corrected chi connectivity index (χ4v) is 12.8. The fourth-order valence-electron chi connectivity index (χ4n) is 12.8. The molecule has 73 heavy (non-hydrogen) atoms. The number of benzene rings is 2. The third kappa shape index (κ3) is 8.72. The Hall–Kier alpha value is -6.35. The van der Waals surface area contributed by atoms with Gasteiger partial charge in [0.2, 0.25) is 23.6 Å². The van der Waals surface area contributed by atoms with Crippen LogP contribution < -0.4 is 21.2 Å². The maximum Gasteiger partial charge on any atom is 0.329 e. The quantitative estimate of drug-likeness (QED) is 0.124. The van der Waals surface area contributed by atoms with Crippen LogP contribution in [0.4, 0.5) is 11.5 Å². The maximum absolute atomic E-state index is 15.2. The lowest BCUT2D eigenvalue weighted by Gasteiger charge is -2.48. The van der Waals surface area contributed by atoms with Gasteiger partial charge in [-0.3, -0.25) is 38.5 Å². The molecule has 2 saturated carbocycles. The van der Waals surface area contributed by atoms with Crippen LogP contribution in [0.15, 0.2) is 53.6 Å². The number of imidazole rings is 2. The first-order valence-electron chi connectivity index (χ1n) is 26.9. The van der Waals surface area contributed by atoms with Gasteiger partial charge in [0.05, 0.1) is 52.2 Å². The van der Waals surface area contributed by atoms with Gasteiger partial charge in [0.15, 0.2) is 5.82 Å². The predicted octanol–water partition coefficient (Wildman–Crippen LogP) is 5.64. The molecule has 0 bridgehead atoms. The standard InChI is InChI=1S/C56H67N11O6/c1-35(2)65-34-57-44-32-43(59-52(51(44)65)58-38-13-14-38)37-12-15-42-47(29-37)66(40-30-39(31-40)63-22-5-4-6-23-63)54(71)56(42)20-26-64(27-21-56)49(69)33-62-24-18-41(19-25-62)73-28-8-10-36-9-7-11-45-50(36)61(3)55(72)67(45)46-16-17-48(68)60-53(46)70/h7,9,11-12,15,29,32,34-35,38-41,46H,4-6,13-14,16-28,30-31,33H2,1-3H3,(H,58,59)(H,60,68,70)/t39-,40+,46?. The molecule has 2 N–H and O–H groups in total. The number of piperidine rings is 4. The van der Waals surface area contributed by atoms with Crippen LogP contribution in [0.2, 0.25) is 0 Å². The van der Waals surface area contributed by atoms with E-state index in [1.54, 1.807) is 13.1 Å². The lowest BCUT2D eigenvalue weighted by molar-refractivity contribution is -0.137. The molecule has 382 valence electrons. The summed E-state index contributed by atoms with van der Waals surface area (Å²) in [4.78, 5) is 86.1. The second-order valence-electron chi connectivity index (χ2n) is 22.1. The summed E-state index contributed by atoms with van der Waals surface area (Å²) in [5.74, 6) is 6.69. The van der Waals surface area contributed by atoms with Crippen LogP contribution >= 0.6 is 0 Å². The Kier molecular flexibility index (Phi) is 12.5. The molecule has 1 unspecified atom stereocenters. The number of hydrogen-bond donors (Lipinski definition) is 2.